The minimum absolute atomic E-state index is 0.000563. The number of benzene rings is 1. The monoisotopic (exact) mass is 300 g/mol. The molecule has 0 heterocycles. The van der Waals surface area contributed by atoms with Crippen LogP contribution in [0.3, 0.4) is 0 Å². The molecular formula is C14H20O5S. The first-order valence-electron chi connectivity index (χ1n) is 6.49. The summed E-state index contributed by atoms with van der Waals surface area (Å²) >= 11 is 0. The summed E-state index contributed by atoms with van der Waals surface area (Å²) < 4.78 is 29.9. The van der Waals surface area contributed by atoms with Crippen LogP contribution in [0, 0.1) is 5.92 Å². The molecule has 0 amide bonds. The molecule has 0 spiro atoms. The van der Waals surface area contributed by atoms with Crippen LogP contribution < -0.4 is 4.74 Å². The van der Waals surface area contributed by atoms with Gasteiger partial charge in [-0.15, -0.1) is 0 Å². The predicted octanol–water partition coefficient (Wildman–Crippen LogP) is 2.60. The highest BCUT2D eigenvalue weighted by Gasteiger charge is 2.24. The minimum atomic E-state index is -3.57. The summed E-state index contributed by atoms with van der Waals surface area (Å²) in [5.41, 5.74) is -0.0612. The molecule has 0 saturated heterocycles. The normalized spacial score (nSPS) is 11.6. The van der Waals surface area contributed by atoms with E-state index >= 15 is 0 Å². The van der Waals surface area contributed by atoms with E-state index in [1.807, 2.05) is 13.8 Å². The largest absolute Gasteiger partial charge is 0.495 e. The van der Waals surface area contributed by atoms with E-state index in [-0.39, 0.29) is 27.9 Å². The molecule has 0 aliphatic heterocycles. The Bertz CT molecular complexity index is 573. The van der Waals surface area contributed by atoms with E-state index < -0.39 is 15.8 Å². The lowest BCUT2D eigenvalue weighted by molar-refractivity contribution is 0.0696. The molecule has 112 valence electrons. The van der Waals surface area contributed by atoms with Crippen LogP contribution >= 0.6 is 0 Å². The van der Waals surface area contributed by atoms with Crippen molar-refractivity contribution in [1.29, 1.82) is 0 Å². The topological polar surface area (TPSA) is 80.7 Å². The van der Waals surface area contributed by atoms with Gasteiger partial charge in [0.2, 0.25) is 0 Å². The fraction of sp³-hybridized carbons (Fsp3) is 0.500. The zero-order valence-corrected chi connectivity index (χ0v) is 12.7. The van der Waals surface area contributed by atoms with Crippen LogP contribution in [0.4, 0.5) is 0 Å². The van der Waals surface area contributed by atoms with E-state index in [9.17, 15) is 13.2 Å². The smallest absolute Gasteiger partial charge is 0.335 e. The summed E-state index contributed by atoms with van der Waals surface area (Å²) in [6, 6.07) is 3.87. The zero-order chi connectivity index (χ0) is 15.3. The average Bonchev–Trinajstić information content (AvgIpc) is 2.43. The van der Waals surface area contributed by atoms with E-state index in [4.69, 9.17) is 9.84 Å². The number of aromatic carboxylic acids is 1. The van der Waals surface area contributed by atoms with Crippen molar-refractivity contribution in [3.05, 3.63) is 23.8 Å². The van der Waals surface area contributed by atoms with Gasteiger partial charge in [0.1, 0.15) is 10.6 Å². The molecule has 1 N–H and O–H groups in total. The number of methoxy groups -OCH3 is 1. The van der Waals surface area contributed by atoms with Crippen molar-refractivity contribution in [2.45, 2.75) is 31.6 Å². The minimum Gasteiger partial charge on any atom is -0.495 e. The second kappa shape index (κ2) is 6.74. The standard InChI is InChI=1S/C14H20O5S/c1-4-10(5-2)9-20(17,18)13-8-11(14(15)16)6-7-12(13)19-3/h6-8,10H,4-5,9H2,1-3H3,(H,15,16). The van der Waals surface area contributed by atoms with Gasteiger partial charge >= 0.3 is 5.97 Å². The Hall–Kier alpha value is -1.56. The average molecular weight is 300 g/mol. The molecule has 1 aromatic rings. The molecule has 0 radical (unpaired) electrons. The third-order valence-corrected chi connectivity index (χ3v) is 5.25. The van der Waals surface area contributed by atoms with Crippen LogP contribution in [-0.2, 0) is 9.84 Å². The van der Waals surface area contributed by atoms with Crippen molar-refractivity contribution >= 4 is 15.8 Å². The van der Waals surface area contributed by atoms with Crippen molar-refractivity contribution < 1.29 is 23.1 Å². The SMILES string of the molecule is CCC(CC)CS(=O)(=O)c1cc(C(=O)O)ccc1OC. The molecule has 0 aliphatic carbocycles. The fourth-order valence-corrected chi connectivity index (χ4v) is 4.01. The summed E-state index contributed by atoms with van der Waals surface area (Å²) in [5.74, 6) is -0.926. The van der Waals surface area contributed by atoms with Gasteiger partial charge in [0, 0.05) is 0 Å². The first kappa shape index (κ1) is 16.5. The highest BCUT2D eigenvalue weighted by molar-refractivity contribution is 7.91. The van der Waals surface area contributed by atoms with E-state index in [1.54, 1.807) is 0 Å². The number of hydrogen-bond donors (Lipinski definition) is 1. The Kier molecular flexibility index (Phi) is 5.56. The van der Waals surface area contributed by atoms with Crippen molar-refractivity contribution in [1.82, 2.24) is 0 Å². The lowest BCUT2D eigenvalue weighted by atomic mass is 10.1. The molecule has 0 bridgehead atoms. The fourth-order valence-electron chi connectivity index (χ4n) is 1.98. The summed E-state index contributed by atoms with van der Waals surface area (Å²) in [6.07, 6.45) is 1.52. The molecule has 0 aromatic heterocycles. The van der Waals surface area contributed by atoms with Gasteiger partial charge in [0.05, 0.1) is 18.4 Å². The van der Waals surface area contributed by atoms with Crippen molar-refractivity contribution in [3.8, 4) is 5.75 Å². The van der Waals surface area contributed by atoms with Crippen LogP contribution in [0.1, 0.15) is 37.0 Å². The Morgan fingerprint density at radius 1 is 1.30 bits per heavy atom. The van der Waals surface area contributed by atoms with Gasteiger partial charge in [-0.1, -0.05) is 26.7 Å². The zero-order valence-electron chi connectivity index (χ0n) is 11.9. The van der Waals surface area contributed by atoms with Gasteiger partial charge < -0.3 is 9.84 Å². The third kappa shape index (κ3) is 3.72. The van der Waals surface area contributed by atoms with Gasteiger partial charge in [-0.05, 0) is 24.1 Å². The van der Waals surface area contributed by atoms with Gasteiger partial charge in [0.15, 0.2) is 9.84 Å². The maximum atomic E-state index is 12.4. The Balaban J connectivity index is 3.28. The van der Waals surface area contributed by atoms with E-state index in [1.165, 1.54) is 25.3 Å². The summed E-state index contributed by atoms with van der Waals surface area (Å²) in [7, 11) is -2.20. The molecular weight excluding hydrogens is 280 g/mol. The van der Waals surface area contributed by atoms with Gasteiger partial charge in [0.25, 0.3) is 0 Å². The summed E-state index contributed by atoms with van der Waals surface area (Å²) in [5, 5.41) is 8.98. The van der Waals surface area contributed by atoms with E-state index in [2.05, 4.69) is 0 Å². The second-order valence-corrected chi connectivity index (χ2v) is 6.64. The number of carboxylic acids is 1. The lowest BCUT2D eigenvalue weighted by Crippen LogP contribution is -2.16. The van der Waals surface area contributed by atoms with Crippen LogP contribution in [-0.4, -0.2) is 32.4 Å². The van der Waals surface area contributed by atoms with Crippen LogP contribution in [0.2, 0.25) is 0 Å². The number of carbonyl (C=O) groups is 1. The number of sulfone groups is 1. The first-order valence-corrected chi connectivity index (χ1v) is 8.15. The first-order chi connectivity index (χ1) is 9.35. The van der Waals surface area contributed by atoms with Gasteiger partial charge in [-0.25, -0.2) is 13.2 Å². The molecule has 0 aliphatic rings. The molecule has 1 aromatic carbocycles. The molecule has 0 atom stereocenters. The second-order valence-electron chi connectivity index (χ2n) is 4.63. The van der Waals surface area contributed by atoms with Crippen LogP contribution in [0.5, 0.6) is 5.75 Å². The quantitative estimate of drug-likeness (QED) is 0.837. The third-order valence-electron chi connectivity index (χ3n) is 3.36. The Morgan fingerprint density at radius 3 is 2.35 bits per heavy atom. The molecule has 6 heteroatoms. The van der Waals surface area contributed by atoms with Gasteiger partial charge in [-0.2, -0.15) is 0 Å². The summed E-state index contributed by atoms with van der Waals surface area (Å²) in [6.45, 7) is 3.88. The number of carboxylic acid groups (broad SMARTS) is 1. The number of rotatable bonds is 7. The van der Waals surface area contributed by atoms with Crippen molar-refractivity contribution in [2.75, 3.05) is 12.9 Å². The highest BCUT2D eigenvalue weighted by Crippen LogP contribution is 2.28. The van der Waals surface area contributed by atoms with E-state index in [0.29, 0.717) is 0 Å². The van der Waals surface area contributed by atoms with Crippen LogP contribution in [0.15, 0.2) is 23.1 Å². The maximum Gasteiger partial charge on any atom is 0.335 e. The predicted molar refractivity (Wildman–Crippen MR) is 76.1 cm³/mol. The Morgan fingerprint density at radius 2 is 1.90 bits per heavy atom. The van der Waals surface area contributed by atoms with Crippen molar-refractivity contribution in [2.24, 2.45) is 5.92 Å². The number of ether oxygens (including phenoxy) is 1. The maximum absolute atomic E-state index is 12.4. The molecule has 20 heavy (non-hydrogen) atoms. The molecule has 5 nitrogen and oxygen atoms in total. The molecule has 0 saturated carbocycles. The number of hydrogen-bond acceptors (Lipinski definition) is 4. The molecule has 1 rings (SSSR count). The Labute approximate surface area is 119 Å². The molecule has 0 fully saturated rings. The summed E-state index contributed by atoms with van der Waals surface area (Å²) in [4.78, 5) is 10.9. The van der Waals surface area contributed by atoms with Gasteiger partial charge in [-0.3, -0.25) is 0 Å². The van der Waals surface area contributed by atoms with Crippen molar-refractivity contribution in [3.63, 3.8) is 0 Å². The lowest BCUT2D eigenvalue weighted by Gasteiger charge is -2.15. The molecule has 0 unspecified atom stereocenters. The van der Waals surface area contributed by atoms with E-state index in [0.717, 1.165) is 12.8 Å². The highest BCUT2D eigenvalue weighted by atomic mass is 32.2. The van der Waals surface area contributed by atoms with Crippen LogP contribution in [0.25, 0.3) is 0 Å².